The third-order valence-corrected chi connectivity index (χ3v) is 12.0. The standard InChI is InChI=1S/C26H34F2O5.C26H32F2O5/c2*1-4-21-18(3)22(31-16-19-12-8-6-9-13-19)23(32-17-20-14-10-7-11-15-20)24(33-21)26(27,28)25(29)30-5-2/h6-15,18,21-25,29H,4-5,16-17H2,1-3H3;6-15,18,21-24H,4-5,16-17H2,1-3H3/t18-,21+,22-,23+,24+,25?;18-,21+,22-,23+,24+/m00/s1. The van der Waals surface area contributed by atoms with E-state index in [0.717, 1.165) is 22.3 Å². The van der Waals surface area contributed by atoms with Gasteiger partial charge < -0.3 is 43.0 Å². The Kier molecular flexibility index (Phi) is 20.6. The Bertz CT molecular complexity index is 1970. The molecule has 1 N–H and O–H groups in total. The molecule has 4 aromatic carbocycles. The first-order chi connectivity index (χ1) is 31.8. The molecule has 362 valence electrons. The molecule has 2 saturated heterocycles. The van der Waals surface area contributed by atoms with E-state index in [1.807, 2.05) is 149 Å². The number of rotatable bonds is 21. The third-order valence-electron chi connectivity index (χ3n) is 12.0. The van der Waals surface area contributed by atoms with Crippen molar-refractivity contribution in [2.24, 2.45) is 11.8 Å². The van der Waals surface area contributed by atoms with Gasteiger partial charge in [-0.1, -0.05) is 149 Å². The molecule has 4 aromatic rings. The van der Waals surface area contributed by atoms with Crippen LogP contribution in [0.4, 0.5) is 17.6 Å². The number of carbonyl (C=O) groups excluding carboxylic acids is 1. The summed E-state index contributed by atoms with van der Waals surface area (Å²) in [6.07, 6.45) is -9.52. The van der Waals surface area contributed by atoms with E-state index in [1.165, 1.54) is 6.92 Å². The highest BCUT2D eigenvalue weighted by atomic mass is 19.3. The Labute approximate surface area is 386 Å². The minimum Gasteiger partial charge on any atom is -0.461 e. The number of hydrogen-bond acceptors (Lipinski definition) is 10. The number of ether oxygens (including phenoxy) is 8. The molecule has 2 heterocycles. The van der Waals surface area contributed by atoms with Crippen LogP contribution in [0.3, 0.4) is 0 Å². The van der Waals surface area contributed by atoms with Gasteiger partial charge in [0.15, 0.2) is 12.2 Å². The van der Waals surface area contributed by atoms with E-state index in [1.54, 1.807) is 6.92 Å². The molecule has 2 fully saturated rings. The first-order valence-electron chi connectivity index (χ1n) is 22.9. The summed E-state index contributed by atoms with van der Waals surface area (Å²) >= 11 is 0. The lowest BCUT2D eigenvalue weighted by atomic mass is 9.84. The lowest BCUT2D eigenvalue weighted by Gasteiger charge is -2.48. The van der Waals surface area contributed by atoms with Gasteiger partial charge in [-0.15, -0.1) is 0 Å². The molecule has 2 aliphatic heterocycles. The number of aliphatic hydroxyl groups is 1. The van der Waals surface area contributed by atoms with E-state index in [0.29, 0.717) is 12.8 Å². The van der Waals surface area contributed by atoms with Gasteiger partial charge in [0, 0.05) is 18.4 Å². The second-order valence-electron chi connectivity index (χ2n) is 16.6. The molecule has 0 bridgehead atoms. The summed E-state index contributed by atoms with van der Waals surface area (Å²) in [6, 6.07) is 37.6. The number of benzene rings is 4. The van der Waals surface area contributed by atoms with E-state index >= 15 is 17.6 Å². The van der Waals surface area contributed by atoms with Crippen molar-refractivity contribution >= 4 is 5.97 Å². The van der Waals surface area contributed by atoms with Crippen LogP contribution in [0.5, 0.6) is 0 Å². The highest BCUT2D eigenvalue weighted by Crippen LogP contribution is 2.42. The number of esters is 1. The second-order valence-corrected chi connectivity index (χ2v) is 16.6. The SMILES string of the molecule is CCOC(=O)C(F)(F)[C@@H]1O[C@H](CC)[C@H](C)[C@H](OCc2ccccc2)[C@H]1OCc1ccccc1.CCOC(O)C(F)(F)[C@@H]1O[C@H](CC)[C@H](C)[C@H](OCc2ccccc2)[C@H]1OCc1ccccc1. The number of alkyl halides is 4. The Morgan fingerprint density at radius 3 is 1.21 bits per heavy atom. The van der Waals surface area contributed by atoms with Gasteiger partial charge in [0.1, 0.15) is 12.2 Å². The van der Waals surface area contributed by atoms with Crippen molar-refractivity contribution in [3.8, 4) is 0 Å². The summed E-state index contributed by atoms with van der Waals surface area (Å²) in [7, 11) is 0. The van der Waals surface area contributed by atoms with Crippen LogP contribution in [0, 0.1) is 11.8 Å². The summed E-state index contributed by atoms with van der Waals surface area (Å²) in [6.45, 7) is 11.1. The molecular formula is C52H66F4O10. The highest BCUT2D eigenvalue weighted by Gasteiger charge is 2.61. The minimum atomic E-state index is -3.89. The van der Waals surface area contributed by atoms with E-state index in [9.17, 15) is 9.90 Å². The van der Waals surface area contributed by atoms with E-state index in [-0.39, 0.29) is 51.5 Å². The van der Waals surface area contributed by atoms with Crippen molar-refractivity contribution < 1.29 is 65.4 Å². The van der Waals surface area contributed by atoms with Crippen LogP contribution in [-0.4, -0.2) is 91.3 Å². The van der Waals surface area contributed by atoms with Gasteiger partial charge in [0.25, 0.3) is 0 Å². The maximum absolute atomic E-state index is 15.4. The van der Waals surface area contributed by atoms with Crippen molar-refractivity contribution in [3.63, 3.8) is 0 Å². The molecule has 0 saturated carbocycles. The van der Waals surface area contributed by atoms with Crippen molar-refractivity contribution in [1.82, 2.24) is 0 Å². The fraction of sp³-hybridized carbons (Fsp3) is 0.519. The summed E-state index contributed by atoms with van der Waals surface area (Å²) in [5.74, 6) is -9.63. The molecule has 2 aliphatic rings. The molecule has 14 heteroatoms. The number of aliphatic hydroxyl groups excluding tert-OH is 1. The van der Waals surface area contributed by atoms with Gasteiger partial charge in [0.2, 0.25) is 6.29 Å². The van der Waals surface area contributed by atoms with Crippen LogP contribution >= 0.6 is 0 Å². The molecule has 0 aliphatic carbocycles. The van der Waals surface area contributed by atoms with Crippen molar-refractivity contribution in [3.05, 3.63) is 144 Å². The summed E-state index contributed by atoms with van der Waals surface area (Å²) in [5.41, 5.74) is 3.52. The smallest absolute Gasteiger partial charge is 0.379 e. The van der Waals surface area contributed by atoms with Crippen LogP contribution in [0.2, 0.25) is 0 Å². The predicted molar refractivity (Wildman–Crippen MR) is 240 cm³/mol. The average Bonchev–Trinajstić information content (AvgIpc) is 3.33. The number of hydrogen-bond donors (Lipinski definition) is 1. The Morgan fingerprint density at radius 1 is 0.545 bits per heavy atom. The summed E-state index contributed by atoms with van der Waals surface area (Å²) in [4.78, 5) is 12.2. The van der Waals surface area contributed by atoms with Gasteiger partial charge in [-0.3, -0.25) is 0 Å². The molecule has 66 heavy (non-hydrogen) atoms. The minimum absolute atomic E-state index is 0.0550. The van der Waals surface area contributed by atoms with Crippen LogP contribution in [0.15, 0.2) is 121 Å². The fourth-order valence-electron chi connectivity index (χ4n) is 8.36. The number of carbonyl (C=O) groups is 1. The molecule has 10 nitrogen and oxygen atoms in total. The molecule has 0 aromatic heterocycles. The zero-order valence-electron chi connectivity index (χ0n) is 38.7. The van der Waals surface area contributed by atoms with Gasteiger partial charge in [-0.2, -0.15) is 17.6 Å². The monoisotopic (exact) mass is 926 g/mol. The topological polar surface area (TPSA) is 111 Å². The lowest BCUT2D eigenvalue weighted by molar-refractivity contribution is -0.332. The van der Waals surface area contributed by atoms with Crippen LogP contribution in [0.1, 0.15) is 76.6 Å². The molecule has 0 radical (unpaired) electrons. The van der Waals surface area contributed by atoms with Crippen LogP contribution in [0.25, 0.3) is 0 Å². The molecule has 1 unspecified atom stereocenters. The largest absolute Gasteiger partial charge is 0.461 e. The third kappa shape index (κ3) is 13.9. The average molecular weight is 927 g/mol. The van der Waals surface area contributed by atoms with Gasteiger partial charge in [-0.25, -0.2) is 4.79 Å². The van der Waals surface area contributed by atoms with Crippen LogP contribution in [-0.2, 0) is 69.1 Å². The quantitative estimate of drug-likeness (QED) is 0.0493. The predicted octanol–water partition coefficient (Wildman–Crippen LogP) is 10.1. The second kappa shape index (κ2) is 25.8. The normalized spacial score (nSPS) is 26.2. The van der Waals surface area contributed by atoms with Gasteiger partial charge in [0.05, 0.1) is 57.5 Å². The van der Waals surface area contributed by atoms with E-state index in [4.69, 9.17) is 33.2 Å². The zero-order valence-corrected chi connectivity index (χ0v) is 38.7. The zero-order chi connectivity index (χ0) is 47.7. The maximum atomic E-state index is 15.4. The van der Waals surface area contributed by atoms with Crippen LogP contribution < -0.4 is 0 Å². The highest BCUT2D eigenvalue weighted by molar-refractivity contribution is 5.78. The van der Waals surface area contributed by atoms with Crippen molar-refractivity contribution in [2.45, 2.75) is 148 Å². The first kappa shape index (κ1) is 52.7. The number of halogens is 4. The van der Waals surface area contributed by atoms with Gasteiger partial charge >= 0.3 is 17.8 Å². The molecule has 6 rings (SSSR count). The first-order valence-corrected chi connectivity index (χ1v) is 22.9. The molecule has 11 atom stereocenters. The van der Waals surface area contributed by atoms with Gasteiger partial charge in [-0.05, 0) is 48.9 Å². The Balaban J connectivity index is 0.000000247. The Morgan fingerprint density at radius 2 is 0.879 bits per heavy atom. The lowest BCUT2D eigenvalue weighted by Crippen LogP contribution is -2.63. The molecule has 0 amide bonds. The summed E-state index contributed by atoms with van der Waals surface area (Å²) in [5, 5.41) is 10.1. The molecular weight excluding hydrogens is 861 g/mol. The van der Waals surface area contributed by atoms with E-state index in [2.05, 4.69) is 4.74 Å². The van der Waals surface area contributed by atoms with E-state index < -0.39 is 72.9 Å². The van der Waals surface area contributed by atoms with Crippen molar-refractivity contribution in [1.29, 1.82) is 0 Å². The maximum Gasteiger partial charge on any atom is 0.379 e. The van der Waals surface area contributed by atoms with Crippen molar-refractivity contribution in [2.75, 3.05) is 13.2 Å². The summed E-state index contributed by atoms with van der Waals surface area (Å²) < 4.78 is 107. The Hall–Kier alpha value is -4.25. The molecule has 0 spiro atoms. The fourth-order valence-corrected chi connectivity index (χ4v) is 8.36.